The quantitative estimate of drug-likeness (QED) is 0.0262. The standard InChI is InChI=1S/C61H100O6/c1-4-7-10-13-16-19-22-25-28-30-33-36-39-42-45-48-51-54-60(63)66-57-58(56-65-59(62)53-50-47-44-41-38-35-32-27-24-21-18-15-12-9-6-3)67-61(64)55-52-49-46-43-40-37-34-31-29-26-23-20-17-14-11-8-5-2/h7,9-10,12,16-21,25-29,32-33,36,58H,4-6,8,11,13-15,22-24,30-31,34-35,37-57H2,1-3H3/b10-7-,12-9-,19-16-,20-17-,21-18-,28-25-,29-26-,32-27-,36-33-. The molecule has 380 valence electrons. The second-order valence-corrected chi connectivity index (χ2v) is 17.7. The van der Waals surface area contributed by atoms with Crippen molar-refractivity contribution in [3.05, 3.63) is 109 Å². The van der Waals surface area contributed by atoms with E-state index in [1.54, 1.807) is 0 Å². The van der Waals surface area contributed by atoms with Gasteiger partial charge in [-0.25, -0.2) is 0 Å². The molecule has 0 aromatic heterocycles. The van der Waals surface area contributed by atoms with E-state index < -0.39 is 6.10 Å². The third kappa shape index (κ3) is 52.9. The summed E-state index contributed by atoms with van der Waals surface area (Å²) in [5, 5.41) is 0. The van der Waals surface area contributed by atoms with Gasteiger partial charge in [0.2, 0.25) is 0 Å². The summed E-state index contributed by atoms with van der Waals surface area (Å²) in [7, 11) is 0. The molecule has 1 unspecified atom stereocenters. The largest absolute Gasteiger partial charge is 0.462 e. The molecule has 0 aliphatic carbocycles. The van der Waals surface area contributed by atoms with Gasteiger partial charge in [0.05, 0.1) is 0 Å². The van der Waals surface area contributed by atoms with E-state index in [9.17, 15) is 14.4 Å². The molecule has 0 radical (unpaired) electrons. The van der Waals surface area contributed by atoms with Crippen LogP contribution in [0.2, 0.25) is 0 Å². The van der Waals surface area contributed by atoms with Gasteiger partial charge in [-0.15, -0.1) is 0 Å². The minimum atomic E-state index is -0.802. The minimum absolute atomic E-state index is 0.100. The van der Waals surface area contributed by atoms with Crippen LogP contribution in [-0.2, 0) is 28.6 Å². The molecule has 0 rings (SSSR count). The van der Waals surface area contributed by atoms with Crippen LogP contribution in [0.1, 0.15) is 239 Å². The van der Waals surface area contributed by atoms with Crippen molar-refractivity contribution >= 4 is 17.9 Å². The fourth-order valence-corrected chi connectivity index (χ4v) is 7.18. The summed E-state index contributed by atoms with van der Waals surface area (Å²) in [6.45, 7) is 6.34. The van der Waals surface area contributed by atoms with Crippen LogP contribution in [0.15, 0.2) is 109 Å². The summed E-state index contributed by atoms with van der Waals surface area (Å²) in [6.07, 6.45) is 73.5. The van der Waals surface area contributed by atoms with Crippen LogP contribution in [0.4, 0.5) is 0 Å². The van der Waals surface area contributed by atoms with Gasteiger partial charge in [0.25, 0.3) is 0 Å². The first-order chi connectivity index (χ1) is 33.0. The molecular weight excluding hydrogens is 829 g/mol. The van der Waals surface area contributed by atoms with Crippen molar-refractivity contribution in [2.24, 2.45) is 0 Å². The lowest BCUT2D eigenvalue weighted by Crippen LogP contribution is -2.30. The molecule has 0 N–H and O–H groups in total. The highest BCUT2D eigenvalue weighted by Crippen LogP contribution is 2.14. The Labute approximate surface area is 412 Å². The van der Waals surface area contributed by atoms with E-state index in [-0.39, 0.29) is 31.1 Å². The number of hydrogen-bond acceptors (Lipinski definition) is 6. The van der Waals surface area contributed by atoms with E-state index in [0.29, 0.717) is 19.3 Å². The third-order valence-electron chi connectivity index (χ3n) is 11.2. The summed E-state index contributed by atoms with van der Waals surface area (Å²) in [6, 6.07) is 0. The van der Waals surface area contributed by atoms with Gasteiger partial charge in [0.1, 0.15) is 13.2 Å². The maximum absolute atomic E-state index is 12.8. The molecule has 0 aliphatic rings. The van der Waals surface area contributed by atoms with Gasteiger partial charge in [0, 0.05) is 19.3 Å². The Morgan fingerprint density at radius 2 is 0.582 bits per heavy atom. The second-order valence-electron chi connectivity index (χ2n) is 17.7. The number of unbranched alkanes of at least 4 members (excludes halogenated alkanes) is 19. The van der Waals surface area contributed by atoms with Gasteiger partial charge in [-0.1, -0.05) is 207 Å². The molecule has 1 atom stereocenters. The molecular formula is C61H100O6. The van der Waals surface area contributed by atoms with Gasteiger partial charge in [-0.05, 0) is 122 Å². The van der Waals surface area contributed by atoms with Crippen LogP contribution < -0.4 is 0 Å². The van der Waals surface area contributed by atoms with Crippen LogP contribution in [0, 0.1) is 0 Å². The average molecular weight is 929 g/mol. The van der Waals surface area contributed by atoms with Gasteiger partial charge in [0.15, 0.2) is 6.10 Å². The van der Waals surface area contributed by atoms with Crippen molar-refractivity contribution in [3.8, 4) is 0 Å². The summed E-state index contributed by atoms with van der Waals surface area (Å²) < 4.78 is 16.8. The van der Waals surface area contributed by atoms with E-state index >= 15 is 0 Å². The maximum atomic E-state index is 12.8. The number of ether oxygens (including phenoxy) is 3. The lowest BCUT2D eigenvalue weighted by Gasteiger charge is -2.18. The van der Waals surface area contributed by atoms with Crippen LogP contribution in [-0.4, -0.2) is 37.2 Å². The van der Waals surface area contributed by atoms with Crippen molar-refractivity contribution in [1.82, 2.24) is 0 Å². The third-order valence-corrected chi connectivity index (χ3v) is 11.2. The van der Waals surface area contributed by atoms with Crippen molar-refractivity contribution in [2.75, 3.05) is 13.2 Å². The molecule has 6 nitrogen and oxygen atoms in total. The Bertz CT molecular complexity index is 1390. The smallest absolute Gasteiger partial charge is 0.306 e. The molecule has 0 aliphatic heterocycles. The van der Waals surface area contributed by atoms with Crippen molar-refractivity contribution < 1.29 is 28.6 Å². The van der Waals surface area contributed by atoms with Crippen LogP contribution in [0.3, 0.4) is 0 Å². The normalized spacial score (nSPS) is 12.9. The number of carbonyl (C=O) groups is 3. The zero-order chi connectivity index (χ0) is 48.6. The summed E-state index contributed by atoms with van der Waals surface area (Å²) in [4.78, 5) is 38.1. The van der Waals surface area contributed by atoms with Crippen LogP contribution >= 0.6 is 0 Å². The van der Waals surface area contributed by atoms with Crippen LogP contribution in [0.5, 0.6) is 0 Å². The molecule has 67 heavy (non-hydrogen) atoms. The van der Waals surface area contributed by atoms with E-state index in [4.69, 9.17) is 14.2 Å². The molecule has 0 aromatic rings. The highest BCUT2D eigenvalue weighted by atomic mass is 16.6. The number of esters is 3. The first kappa shape index (κ1) is 63.1. The number of hydrogen-bond donors (Lipinski definition) is 0. The van der Waals surface area contributed by atoms with Gasteiger partial charge >= 0.3 is 17.9 Å². The van der Waals surface area contributed by atoms with Crippen molar-refractivity contribution in [1.29, 1.82) is 0 Å². The molecule has 0 saturated heterocycles. The summed E-state index contributed by atoms with van der Waals surface area (Å²) in [5.41, 5.74) is 0. The molecule has 0 saturated carbocycles. The van der Waals surface area contributed by atoms with E-state index in [1.165, 1.54) is 51.4 Å². The average Bonchev–Trinajstić information content (AvgIpc) is 3.33. The lowest BCUT2D eigenvalue weighted by molar-refractivity contribution is -0.167. The number of rotatable bonds is 48. The molecule has 0 amide bonds. The summed E-state index contributed by atoms with van der Waals surface area (Å²) >= 11 is 0. The highest BCUT2D eigenvalue weighted by molar-refractivity contribution is 5.71. The molecule has 0 heterocycles. The van der Waals surface area contributed by atoms with Crippen molar-refractivity contribution in [2.45, 2.75) is 245 Å². The summed E-state index contributed by atoms with van der Waals surface area (Å²) in [5.74, 6) is -0.949. The monoisotopic (exact) mass is 929 g/mol. The Kier molecular flexibility index (Phi) is 51.5. The molecule has 6 heteroatoms. The van der Waals surface area contributed by atoms with E-state index in [1.807, 2.05) is 0 Å². The molecule has 0 spiro atoms. The van der Waals surface area contributed by atoms with E-state index in [0.717, 1.165) is 148 Å². The molecule has 0 fully saturated rings. The molecule has 0 aromatic carbocycles. The van der Waals surface area contributed by atoms with Gasteiger partial charge in [-0.2, -0.15) is 0 Å². The molecule has 0 bridgehead atoms. The number of carbonyl (C=O) groups excluding carboxylic acids is 3. The Hall–Kier alpha value is -3.93. The van der Waals surface area contributed by atoms with Gasteiger partial charge in [-0.3, -0.25) is 14.4 Å². The topological polar surface area (TPSA) is 78.9 Å². The first-order valence-corrected chi connectivity index (χ1v) is 27.4. The predicted molar refractivity (Wildman–Crippen MR) is 288 cm³/mol. The Morgan fingerprint density at radius 1 is 0.313 bits per heavy atom. The zero-order valence-electron chi connectivity index (χ0n) is 43.4. The van der Waals surface area contributed by atoms with Crippen molar-refractivity contribution in [3.63, 3.8) is 0 Å². The fourth-order valence-electron chi connectivity index (χ4n) is 7.18. The lowest BCUT2D eigenvalue weighted by atomic mass is 10.1. The fraction of sp³-hybridized carbons (Fsp3) is 0.656. The van der Waals surface area contributed by atoms with Gasteiger partial charge < -0.3 is 14.2 Å². The van der Waals surface area contributed by atoms with E-state index in [2.05, 4.69) is 130 Å². The Morgan fingerprint density at radius 3 is 0.910 bits per heavy atom. The predicted octanol–water partition coefficient (Wildman–Crippen LogP) is 18.3. The minimum Gasteiger partial charge on any atom is -0.462 e. The SMILES string of the molecule is CC/C=C\C/C=C\C/C=C\C/C=C\CCCCCCC(=O)OCC(COC(=O)CCCCCCC/C=C\C/C=C\C/C=C\CC)OC(=O)CCCCCCCCC/C=C\C/C=C\CCCCC. The maximum Gasteiger partial charge on any atom is 0.306 e. The first-order valence-electron chi connectivity index (χ1n) is 27.4. The highest BCUT2D eigenvalue weighted by Gasteiger charge is 2.19. The zero-order valence-corrected chi connectivity index (χ0v) is 43.4. The Balaban J connectivity index is 4.49. The second kappa shape index (κ2) is 54.7. The van der Waals surface area contributed by atoms with Crippen LogP contribution in [0.25, 0.3) is 0 Å². The number of allylic oxidation sites excluding steroid dienone is 18.